The van der Waals surface area contributed by atoms with Crippen molar-refractivity contribution in [1.29, 1.82) is 0 Å². The lowest BCUT2D eigenvalue weighted by Crippen LogP contribution is -2.49. The van der Waals surface area contributed by atoms with Crippen LogP contribution in [0.25, 0.3) is 0 Å². The summed E-state index contributed by atoms with van der Waals surface area (Å²) < 4.78 is 19.7. The standard InChI is InChI=1S/C22H27FN2O3/c1-4-17-10-12-19(13-11-17)28-15-21(26)25(16(3)22(27)24-5-2)14-18-8-6-7-9-20(18)23/h6-13,16H,4-5,14-15H2,1-3H3,(H,24,27)/t16-/m1/s1. The van der Waals surface area contributed by atoms with Crippen molar-refractivity contribution in [3.63, 3.8) is 0 Å². The zero-order valence-corrected chi connectivity index (χ0v) is 16.6. The van der Waals surface area contributed by atoms with Crippen LogP contribution in [-0.4, -0.2) is 35.9 Å². The van der Waals surface area contributed by atoms with E-state index < -0.39 is 11.9 Å². The van der Waals surface area contributed by atoms with Crippen molar-refractivity contribution in [3.05, 3.63) is 65.5 Å². The molecule has 0 aliphatic rings. The van der Waals surface area contributed by atoms with Crippen LogP contribution >= 0.6 is 0 Å². The van der Waals surface area contributed by atoms with Gasteiger partial charge in [-0.05, 0) is 44.0 Å². The molecule has 0 fully saturated rings. The van der Waals surface area contributed by atoms with Gasteiger partial charge in [0.05, 0.1) is 0 Å². The van der Waals surface area contributed by atoms with Gasteiger partial charge in [-0.3, -0.25) is 9.59 Å². The van der Waals surface area contributed by atoms with Crippen LogP contribution in [0, 0.1) is 5.82 Å². The molecular formula is C22H27FN2O3. The third kappa shape index (κ3) is 5.81. The molecule has 0 saturated heterocycles. The van der Waals surface area contributed by atoms with E-state index in [0.717, 1.165) is 6.42 Å². The fourth-order valence-electron chi connectivity index (χ4n) is 2.76. The second-order valence-electron chi connectivity index (χ2n) is 6.47. The molecule has 0 heterocycles. The highest BCUT2D eigenvalue weighted by molar-refractivity contribution is 5.87. The number of ether oxygens (including phenoxy) is 1. The number of carbonyl (C=O) groups is 2. The molecule has 2 aromatic rings. The largest absolute Gasteiger partial charge is 0.484 e. The zero-order chi connectivity index (χ0) is 20.5. The fraction of sp³-hybridized carbons (Fsp3) is 0.364. The van der Waals surface area contributed by atoms with E-state index in [-0.39, 0.29) is 25.0 Å². The van der Waals surface area contributed by atoms with E-state index >= 15 is 0 Å². The Bertz CT molecular complexity index is 793. The first kappa shape index (κ1) is 21.4. The Morgan fingerprint density at radius 2 is 1.79 bits per heavy atom. The highest BCUT2D eigenvalue weighted by Gasteiger charge is 2.26. The van der Waals surface area contributed by atoms with Crippen LogP contribution in [-0.2, 0) is 22.6 Å². The predicted octanol–water partition coefficient (Wildman–Crippen LogP) is 3.32. The number of hydrogen-bond donors (Lipinski definition) is 1. The summed E-state index contributed by atoms with van der Waals surface area (Å²) in [5.41, 5.74) is 1.52. The lowest BCUT2D eigenvalue weighted by atomic mass is 10.1. The van der Waals surface area contributed by atoms with Gasteiger partial charge in [0, 0.05) is 18.7 Å². The second kappa shape index (κ2) is 10.4. The van der Waals surface area contributed by atoms with E-state index in [1.165, 1.54) is 16.5 Å². The lowest BCUT2D eigenvalue weighted by molar-refractivity contribution is -0.142. The molecule has 2 amide bonds. The van der Waals surface area contributed by atoms with Crippen molar-refractivity contribution >= 4 is 11.8 Å². The van der Waals surface area contributed by atoms with Gasteiger partial charge in [0.25, 0.3) is 5.91 Å². The Balaban J connectivity index is 2.12. The summed E-state index contributed by atoms with van der Waals surface area (Å²) in [6, 6.07) is 13.0. The Hall–Kier alpha value is -2.89. The van der Waals surface area contributed by atoms with E-state index in [4.69, 9.17) is 4.74 Å². The van der Waals surface area contributed by atoms with Crippen molar-refractivity contribution in [2.75, 3.05) is 13.2 Å². The van der Waals surface area contributed by atoms with E-state index in [1.54, 1.807) is 44.2 Å². The van der Waals surface area contributed by atoms with Crippen LogP contribution in [0.5, 0.6) is 5.75 Å². The second-order valence-corrected chi connectivity index (χ2v) is 6.47. The molecule has 1 atom stereocenters. The monoisotopic (exact) mass is 386 g/mol. The molecule has 2 aromatic carbocycles. The van der Waals surface area contributed by atoms with Crippen LogP contribution < -0.4 is 10.1 Å². The Kier molecular flexibility index (Phi) is 7.99. The van der Waals surface area contributed by atoms with Gasteiger partial charge in [0.1, 0.15) is 17.6 Å². The van der Waals surface area contributed by atoms with Gasteiger partial charge < -0.3 is 15.0 Å². The van der Waals surface area contributed by atoms with Gasteiger partial charge in [-0.25, -0.2) is 4.39 Å². The molecule has 2 rings (SSSR count). The van der Waals surface area contributed by atoms with Crippen LogP contribution in [0.2, 0.25) is 0 Å². The highest BCUT2D eigenvalue weighted by atomic mass is 19.1. The van der Waals surface area contributed by atoms with E-state index in [1.807, 2.05) is 12.1 Å². The number of likely N-dealkylation sites (N-methyl/N-ethyl adjacent to an activating group) is 1. The summed E-state index contributed by atoms with van der Waals surface area (Å²) in [4.78, 5) is 26.4. The molecule has 0 aliphatic carbocycles. The van der Waals surface area contributed by atoms with Gasteiger partial charge in [0.15, 0.2) is 6.61 Å². The summed E-state index contributed by atoms with van der Waals surface area (Å²) in [6.45, 7) is 5.69. The summed E-state index contributed by atoms with van der Waals surface area (Å²) in [6.07, 6.45) is 0.916. The van der Waals surface area contributed by atoms with Crippen LogP contribution in [0.15, 0.2) is 48.5 Å². The fourth-order valence-corrected chi connectivity index (χ4v) is 2.76. The topological polar surface area (TPSA) is 58.6 Å². The van der Waals surface area contributed by atoms with Gasteiger partial charge in [-0.2, -0.15) is 0 Å². The number of hydrogen-bond acceptors (Lipinski definition) is 3. The number of amides is 2. The molecule has 150 valence electrons. The molecule has 28 heavy (non-hydrogen) atoms. The normalized spacial score (nSPS) is 11.6. The molecule has 5 nitrogen and oxygen atoms in total. The first-order valence-electron chi connectivity index (χ1n) is 9.48. The molecule has 0 aliphatic heterocycles. The lowest BCUT2D eigenvalue weighted by Gasteiger charge is -2.28. The molecule has 0 bridgehead atoms. The average molecular weight is 386 g/mol. The van der Waals surface area contributed by atoms with Crippen molar-refractivity contribution < 1.29 is 18.7 Å². The maximum atomic E-state index is 14.1. The number of nitrogens with zero attached hydrogens (tertiary/aromatic N) is 1. The third-order valence-corrected chi connectivity index (χ3v) is 4.51. The van der Waals surface area contributed by atoms with Crippen LogP contribution in [0.3, 0.4) is 0 Å². The first-order valence-corrected chi connectivity index (χ1v) is 9.48. The predicted molar refractivity (Wildman–Crippen MR) is 106 cm³/mol. The molecule has 0 spiro atoms. The summed E-state index contributed by atoms with van der Waals surface area (Å²) in [5, 5.41) is 2.70. The minimum Gasteiger partial charge on any atom is -0.484 e. The number of nitrogens with one attached hydrogen (secondary N) is 1. The number of halogens is 1. The first-order chi connectivity index (χ1) is 13.5. The average Bonchev–Trinajstić information content (AvgIpc) is 2.71. The number of aryl methyl sites for hydroxylation is 1. The molecular weight excluding hydrogens is 359 g/mol. The van der Waals surface area contributed by atoms with Gasteiger partial charge in [0.2, 0.25) is 5.91 Å². The molecule has 0 radical (unpaired) electrons. The summed E-state index contributed by atoms with van der Waals surface area (Å²) in [5.74, 6) is -0.525. The van der Waals surface area contributed by atoms with Crippen molar-refractivity contribution in [1.82, 2.24) is 10.2 Å². The Morgan fingerprint density at radius 3 is 2.39 bits per heavy atom. The van der Waals surface area contributed by atoms with Gasteiger partial charge in [-0.15, -0.1) is 0 Å². The summed E-state index contributed by atoms with van der Waals surface area (Å²) in [7, 11) is 0. The van der Waals surface area contributed by atoms with E-state index in [0.29, 0.717) is 17.9 Å². The van der Waals surface area contributed by atoms with Crippen molar-refractivity contribution in [2.24, 2.45) is 0 Å². The molecule has 0 aromatic heterocycles. The van der Waals surface area contributed by atoms with E-state index in [2.05, 4.69) is 12.2 Å². The van der Waals surface area contributed by atoms with Crippen LogP contribution in [0.1, 0.15) is 31.9 Å². The minimum absolute atomic E-state index is 0.0120. The van der Waals surface area contributed by atoms with Gasteiger partial charge >= 0.3 is 0 Å². The van der Waals surface area contributed by atoms with Crippen LogP contribution in [0.4, 0.5) is 4.39 Å². The smallest absolute Gasteiger partial charge is 0.261 e. The minimum atomic E-state index is -0.752. The quantitative estimate of drug-likeness (QED) is 0.719. The number of carbonyl (C=O) groups excluding carboxylic acids is 2. The number of rotatable bonds is 9. The van der Waals surface area contributed by atoms with Crippen molar-refractivity contribution in [2.45, 2.75) is 39.8 Å². The maximum absolute atomic E-state index is 14.1. The van der Waals surface area contributed by atoms with Crippen molar-refractivity contribution in [3.8, 4) is 5.75 Å². The molecule has 0 saturated carbocycles. The van der Waals surface area contributed by atoms with E-state index in [9.17, 15) is 14.0 Å². The SMILES string of the molecule is CCNC(=O)[C@@H](C)N(Cc1ccccc1F)C(=O)COc1ccc(CC)cc1. The Morgan fingerprint density at radius 1 is 1.11 bits per heavy atom. The highest BCUT2D eigenvalue weighted by Crippen LogP contribution is 2.15. The maximum Gasteiger partial charge on any atom is 0.261 e. The molecule has 0 unspecified atom stereocenters. The van der Waals surface area contributed by atoms with Gasteiger partial charge in [-0.1, -0.05) is 37.3 Å². The third-order valence-electron chi connectivity index (χ3n) is 4.51. The summed E-state index contributed by atoms with van der Waals surface area (Å²) >= 11 is 0. The number of benzene rings is 2. The molecule has 6 heteroatoms. The zero-order valence-electron chi connectivity index (χ0n) is 16.6. The molecule has 1 N–H and O–H groups in total. The Labute approximate surface area is 165 Å².